The number of hydrogen-bond acceptors (Lipinski definition) is 5. The number of carbonyl (C=O) groups excluding carboxylic acids is 1. The van der Waals surface area contributed by atoms with E-state index in [4.69, 9.17) is 9.47 Å². The zero-order valence-corrected chi connectivity index (χ0v) is 17.4. The maximum atomic E-state index is 12.9. The van der Waals surface area contributed by atoms with Gasteiger partial charge in [0.2, 0.25) is 5.91 Å². The summed E-state index contributed by atoms with van der Waals surface area (Å²) in [6, 6.07) is 18.1. The van der Waals surface area contributed by atoms with Crippen molar-refractivity contribution in [1.82, 2.24) is 4.90 Å². The Morgan fingerprint density at radius 2 is 1.97 bits per heavy atom. The lowest BCUT2D eigenvalue weighted by Crippen LogP contribution is -2.40. The van der Waals surface area contributed by atoms with Crippen LogP contribution in [0.3, 0.4) is 0 Å². The minimum atomic E-state index is -0.0620. The Bertz CT molecular complexity index is 987. The Morgan fingerprint density at radius 1 is 1.14 bits per heavy atom. The number of nitrogens with one attached hydrogen (secondary N) is 1. The predicted octanol–water partition coefficient (Wildman–Crippen LogP) is 4.35. The first-order valence-electron chi connectivity index (χ1n) is 9.56. The summed E-state index contributed by atoms with van der Waals surface area (Å²) in [5, 5.41) is 5.14. The first-order valence-corrected chi connectivity index (χ1v) is 10.4. The van der Waals surface area contributed by atoms with Gasteiger partial charge in [0.1, 0.15) is 11.5 Å². The van der Waals surface area contributed by atoms with Crippen LogP contribution in [0.2, 0.25) is 0 Å². The van der Waals surface area contributed by atoms with Crippen LogP contribution in [0.5, 0.6) is 11.5 Å². The molecule has 1 atom stereocenters. The van der Waals surface area contributed by atoms with Gasteiger partial charge in [-0.25, -0.2) is 0 Å². The second-order valence-electron chi connectivity index (χ2n) is 6.95. The number of amides is 1. The largest absolute Gasteiger partial charge is 0.497 e. The molecule has 3 aromatic rings. The normalized spacial score (nSPS) is 16.1. The maximum Gasteiger partial charge on any atom is 0.238 e. The molecule has 0 fully saturated rings. The Kier molecular flexibility index (Phi) is 5.83. The lowest BCUT2D eigenvalue weighted by molar-refractivity contribution is -0.117. The molecule has 1 N–H and O–H groups in total. The molecule has 4 rings (SSSR count). The first kappa shape index (κ1) is 19.5. The van der Waals surface area contributed by atoms with E-state index in [0.29, 0.717) is 23.7 Å². The number of methoxy groups -OCH3 is 2. The number of benzene rings is 2. The van der Waals surface area contributed by atoms with Crippen LogP contribution in [0.25, 0.3) is 0 Å². The van der Waals surface area contributed by atoms with E-state index < -0.39 is 0 Å². The van der Waals surface area contributed by atoms with Crippen molar-refractivity contribution < 1.29 is 14.3 Å². The van der Waals surface area contributed by atoms with Gasteiger partial charge in [-0.05, 0) is 41.1 Å². The fraction of sp³-hybridized carbons (Fsp3) is 0.261. The Hall–Kier alpha value is -2.83. The highest BCUT2D eigenvalue weighted by atomic mass is 32.1. The molecule has 0 spiro atoms. The number of anilines is 1. The van der Waals surface area contributed by atoms with Crippen LogP contribution in [0.15, 0.2) is 60.0 Å². The summed E-state index contributed by atoms with van der Waals surface area (Å²) in [5.74, 6) is 1.20. The van der Waals surface area contributed by atoms with Gasteiger partial charge in [0, 0.05) is 17.5 Å². The Labute approximate surface area is 174 Å². The molecule has 1 aromatic heterocycles. The van der Waals surface area contributed by atoms with Crippen molar-refractivity contribution in [3.63, 3.8) is 0 Å². The fourth-order valence-corrected chi connectivity index (χ4v) is 4.74. The van der Waals surface area contributed by atoms with E-state index in [1.54, 1.807) is 37.7 Å². The highest BCUT2D eigenvalue weighted by Gasteiger charge is 2.30. The summed E-state index contributed by atoms with van der Waals surface area (Å²) in [4.78, 5) is 16.5. The maximum absolute atomic E-state index is 12.9. The number of fused-ring (bicyclic) bond motifs is 1. The second kappa shape index (κ2) is 8.68. The van der Waals surface area contributed by atoms with Gasteiger partial charge in [-0.1, -0.05) is 30.3 Å². The van der Waals surface area contributed by atoms with Gasteiger partial charge in [-0.15, -0.1) is 11.3 Å². The molecule has 0 unspecified atom stereocenters. The zero-order chi connectivity index (χ0) is 20.2. The van der Waals surface area contributed by atoms with Gasteiger partial charge < -0.3 is 14.8 Å². The van der Waals surface area contributed by atoms with E-state index in [-0.39, 0.29) is 11.9 Å². The van der Waals surface area contributed by atoms with Crippen LogP contribution >= 0.6 is 11.3 Å². The second-order valence-corrected chi connectivity index (χ2v) is 7.95. The smallest absolute Gasteiger partial charge is 0.238 e. The standard InChI is InChI=1S/C23H24N2O3S/c1-27-17-8-9-19(20(14-17)28-2)24-22(26)15-25-12-10-21-18(11-13-29-21)23(25)16-6-4-3-5-7-16/h3-9,11,13-14,23H,10,12,15H2,1-2H3,(H,24,26)/t23-/m1/s1. The highest BCUT2D eigenvalue weighted by Crippen LogP contribution is 2.37. The zero-order valence-electron chi connectivity index (χ0n) is 16.6. The SMILES string of the molecule is COc1ccc(NC(=O)CN2CCc3sccc3[C@H]2c2ccccc2)c(OC)c1. The average Bonchev–Trinajstić information content (AvgIpc) is 3.23. The van der Waals surface area contributed by atoms with Gasteiger partial charge in [0.25, 0.3) is 0 Å². The van der Waals surface area contributed by atoms with Crippen LogP contribution in [0.1, 0.15) is 22.0 Å². The number of carbonyl (C=O) groups is 1. The number of nitrogens with zero attached hydrogens (tertiary/aromatic N) is 1. The van der Waals surface area contributed by atoms with E-state index >= 15 is 0 Å². The Morgan fingerprint density at radius 3 is 2.72 bits per heavy atom. The molecule has 0 radical (unpaired) electrons. The van der Waals surface area contributed by atoms with Crippen LogP contribution < -0.4 is 14.8 Å². The number of rotatable bonds is 6. The van der Waals surface area contributed by atoms with E-state index in [1.807, 2.05) is 12.1 Å². The third kappa shape index (κ3) is 4.13. The van der Waals surface area contributed by atoms with Gasteiger partial charge in [0.05, 0.1) is 32.5 Å². The summed E-state index contributed by atoms with van der Waals surface area (Å²) in [7, 11) is 3.18. The summed E-state index contributed by atoms with van der Waals surface area (Å²) in [6.45, 7) is 1.16. The van der Waals surface area contributed by atoms with Crippen LogP contribution in [-0.2, 0) is 11.2 Å². The van der Waals surface area contributed by atoms with E-state index in [2.05, 4.69) is 45.9 Å². The van der Waals surface area contributed by atoms with Gasteiger partial charge >= 0.3 is 0 Å². The quantitative estimate of drug-likeness (QED) is 0.659. The molecule has 2 heterocycles. The molecule has 0 saturated heterocycles. The topological polar surface area (TPSA) is 50.8 Å². The van der Waals surface area contributed by atoms with Crippen molar-refractivity contribution in [3.8, 4) is 11.5 Å². The van der Waals surface area contributed by atoms with Crippen molar-refractivity contribution in [2.75, 3.05) is 32.6 Å². The number of ether oxygens (including phenoxy) is 2. The highest BCUT2D eigenvalue weighted by molar-refractivity contribution is 7.10. The lowest BCUT2D eigenvalue weighted by atomic mass is 9.93. The summed E-state index contributed by atoms with van der Waals surface area (Å²) in [5.41, 5.74) is 3.16. The monoisotopic (exact) mass is 408 g/mol. The molecule has 1 amide bonds. The average molecular weight is 409 g/mol. The number of hydrogen-bond donors (Lipinski definition) is 1. The van der Waals surface area contributed by atoms with Crippen molar-refractivity contribution in [2.24, 2.45) is 0 Å². The first-order chi connectivity index (χ1) is 14.2. The third-order valence-electron chi connectivity index (χ3n) is 5.21. The molecule has 2 aromatic carbocycles. The van der Waals surface area contributed by atoms with Gasteiger partial charge in [-0.2, -0.15) is 0 Å². The number of thiophene rings is 1. The van der Waals surface area contributed by atoms with Gasteiger partial charge in [-0.3, -0.25) is 9.69 Å². The molecule has 0 saturated carbocycles. The van der Waals surface area contributed by atoms with Crippen molar-refractivity contribution in [3.05, 3.63) is 76.0 Å². The summed E-state index contributed by atoms with van der Waals surface area (Å²) in [6.07, 6.45) is 0.968. The molecular formula is C23H24N2O3S. The summed E-state index contributed by atoms with van der Waals surface area (Å²) < 4.78 is 10.6. The molecule has 5 nitrogen and oxygen atoms in total. The van der Waals surface area contributed by atoms with Crippen molar-refractivity contribution in [1.29, 1.82) is 0 Å². The van der Waals surface area contributed by atoms with Crippen LogP contribution in [0, 0.1) is 0 Å². The third-order valence-corrected chi connectivity index (χ3v) is 6.21. The van der Waals surface area contributed by atoms with Gasteiger partial charge in [0.15, 0.2) is 0 Å². The molecule has 0 aliphatic carbocycles. The van der Waals surface area contributed by atoms with Crippen LogP contribution in [0.4, 0.5) is 5.69 Å². The van der Waals surface area contributed by atoms with E-state index in [1.165, 1.54) is 16.0 Å². The lowest BCUT2D eigenvalue weighted by Gasteiger charge is -2.35. The predicted molar refractivity (Wildman–Crippen MR) is 116 cm³/mol. The molecule has 6 heteroatoms. The summed E-state index contributed by atoms with van der Waals surface area (Å²) >= 11 is 1.80. The van der Waals surface area contributed by atoms with Crippen molar-refractivity contribution in [2.45, 2.75) is 12.5 Å². The molecular weight excluding hydrogens is 384 g/mol. The van der Waals surface area contributed by atoms with E-state index in [9.17, 15) is 4.79 Å². The van der Waals surface area contributed by atoms with E-state index in [0.717, 1.165) is 13.0 Å². The molecule has 1 aliphatic rings. The van der Waals surface area contributed by atoms with Crippen molar-refractivity contribution >= 4 is 22.9 Å². The minimum Gasteiger partial charge on any atom is -0.497 e. The minimum absolute atomic E-state index is 0.0620. The molecule has 1 aliphatic heterocycles. The molecule has 29 heavy (non-hydrogen) atoms. The molecule has 150 valence electrons. The molecule has 0 bridgehead atoms. The van der Waals surface area contributed by atoms with Crippen LogP contribution in [-0.4, -0.2) is 38.1 Å². The fourth-order valence-electron chi connectivity index (χ4n) is 3.84. The Balaban J connectivity index is 1.54.